The number of piperidine rings is 1. The Hall–Kier alpha value is -0.770. The number of amides is 2. The Balaban J connectivity index is 1.56. The summed E-state index contributed by atoms with van der Waals surface area (Å²) in [5, 5.41) is 3.60. The van der Waals surface area contributed by atoms with Crippen molar-refractivity contribution >= 4 is 6.03 Å². The minimum absolute atomic E-state index is 0.270. The van der Waals surface area contributed by atoms with Crippen LogP contribution in [0.25, 0.3) is 0 Å². The fourth-order valence-corrected chi connectivity index (χ4v) is 2.58. The summed E-state index contributed by atoms with van der Waals surface area (Å²) in [6, 6.07) is 0.323. The van der Waals surface area contributed by atoms with Crippen LogP contribution in [0.2, 0.25) is 0 Å². The van der Waals surface area contributed by atoms with E-state index < -0.39 is 0 Å². The molecule has 0 atom stereocenters. The number of likely N-dealkylation sites (tertiary alicyclic amines) is 1. The Morgan fingerprint density at radius 3 is 2.44 bits per heavy atom. The predicted molar refractivity (Wildman–Crippen MR) is 64.1 cm³/mol. The molecule has 2 fully saturated rings. The van der Waals surface area contributed by atoms with E-state index in [0.717, 1.165) is 38.4 Å². The molecule has 0 spiro atoms. The highest BCUT2D eigenvalue weighted by molar-refractivity contribution is 5.72. The standard InChI is InChI=1S/C12H23N3O/c13-12(16)15-8-5-11(6-9-15)14-7-4-10-2-1-3-10/h10-11,14H,1-9H2,(H2,13,16). The largest absolute Gasteiger partial charge is 0.351 e. The van der Waals surface area contributed by atoms with E-state index >= 15 is 0 Å². The Morgan fingerprint density at radius 2 is 1.94 bits per heavy atom. The quantitative estimate of drug-likeness (QED) is 0.758. The van der Waals surface area contributed by atoms with Gasteiger partial charge in [-0.15, -0.1) is 0 Å². The van der Waals surface area contributed by atoms with Gasteiger partial charge in [0.05, 0.1) is 0 Å². The smallest absolute Gasteiger partial charge is 0.314 e. The van der Waals surface area contributed by atoms with E-state index in [2.05, 4.69) is 5.32 Å². The molecule has 1 heterocycles. The molecule has 0 aromatic rings. The minimum Gasteiger partial charge on any atom is -0.351 e. The van der Waals surface area contributed by atoms with Gasteiger partial charge >= 0.3 is 6.03 Å². The minimum atomic E-state index is -0.270. The summed E-state index contributed by atoms with van der Waals surface area (Å²) in [4.78, 5) is 12.7. The van der Waals surface area contributed by atoms with Crippen LogP contribution in [-0.4, -0.2) is 36.6 Å². The van der Waals surface area contributed by atoms with Crippen LogP contribution >= 0.6 is 0 Å². The van der Waals surface area contributed by atoms with E-state index in [4.69, 9.17) is 5.73 Å². The van der Waals surface area contributed by atoms with Crippen LogP contribution in [0.1, 0.15) is 38.5 Å². The zero-order valence-corrected chi connectivity index (χ0v) is 9.95. The number of nitrogens with one attached hydrogen (secondary N) is 1. The molecule has 3 N–H and O–H groups in total. The first-order chi connectivity index (χ1) is 7.75. The number of urea groups is 1. The molecular weight excluding hydrogens is 202 g/mol. The summed E-state index contributed by atoms with van der Waals surface area (Å²) in [5.41, 5.74) is 5.24. The third-order valence-electron chi connectivity index (χ3n) is 4.02. The maximum absolute atomic E-state index is 10.9. The monoisotopic (exact) mass is 225 g/mol. The molecule has 2 aliphatic rings. The second-order valence-electron chi connectivity index (χ2n) is 5.14. The Morgan fingerprint density at radius 1 is 1.25 bits per heavy atom. The third-order valence-corrected chi connectivity index (χ3v) is 4.02. The van der Waals surface area contributed by atoms with Crippen molar-refractivity contribution in [2.75, 3.05) is 19.6 Å². The third kappa shape index (κ3) is 3.11. The van der Waals surface area contributed by atoms with E-state index in [1.54, 1.807) is 4.90 Å². The van der Waals surface area contributed by atoms with Gasteiger partial charge in [0.1, 0.15) is 0 Å². The number of hydrogen-bond donors (Lipinski definition) is 2. The van der Waals surface area contributed by atoms with Gasteiger partial charge in [-0.25, -0.2) is 4.79 Å². The molecule has 4 heteroatoms. The lowest BCUT2D eigenvalue weighted by Crippen LogP contribution is -2.47. The molecule has 1 aliphatic carbocycles. The van der Waals surface area contributed by atoms with E-state index in [1.807, 2.05) is 0 Å². The Bertz CT molecular complexity index is 232. The molecule has 2 amide bonds. The summed E-state index contributed by atoms with van der Waals surface area (Å²) >= 11 is 0. The van der Waals surface area contributed by atoms with Gasteiger partial charge in [0, 0.05) is 19.1 Å². The zero-order valence-electron chi connectivity index (χ0n) is 9.95. The average molecular weight is 225 g/mol. The highest BCUT2D eigenvalue weighted by Crippen LogP contribution is 2.28. The molecule has 0 unspecified atom stereocenters. The molecule has 2 rings (SSSR count). The number of nitrogens with two attached hydrogens (primary N) is 1. The van der Waals surface area contributed by atoms with Crippen molar-refractivity contribution in [1.29, 1.82) is 0 Å². The van der Waals surface area contributed by atoms with Gasteiger partial charge in [-0.05, 0) is 31.7 Å². The highest BCUT2D eigenvalue weighted by atomic mass is 16.2. The first kappa shape index (κ1) is 11.7. The van der Waals surface area contributed by atoms with Gasteiger partial charge in [-0.2, -0.15) is 0 Å². The number of carbonyl (C=O) groups excluding carboxylic acids is 1. The topological polar surface area (TPSA) is 58.4 Å². The first-order valence-electron chi connectivity index (χ1n) is 6.53. The molecule has 0 aromatic carbocycles. The van der Waals surface area contributed by atoms with Crippen LogP contribution in [-0.2, 0) is 0 Å². The molecule has 0 bridgehead atoms. The summed E-state index contributed by atoms with van der Waals surface area (Å²) in [5.74, 6) is 0.984. The Kier molecular flexibility index (Phi) is 4.04. The van der Waals surface area contributed by atoms with E-state index in [0.29, 0.717) is 6.04 Å². The van der Waals surface area contributed by atoms with Gasteiger partial charge < -0.3 is 16.0 Å². The van der Waals surface area contributed by atoms with E-state index in [9.17, 15) is 4.79 Å². The van der Waals surface area contributed by atoms with Crippen LogP contribution in [0, 0.1) is 5.92 Å². The second-order valence-corrected chi connectivity index (χ2v) is 5.14. The molecular formula is C12H23N3O. The van der Waals surface area contributed by atoms with Crippen LogP contribution in [0.3, 0.4) is 0 Å². The maximum atomic E-state index is 10.9. The van der Waals surface area contributed by atoms with Gasteiger partial charge in [0.15, 0.2) is 0 Å². The van der Waals surface area contributed by atoms with Gasteiger partial charge in [-0.3, -0.25) is 0 Å². The van der Waals surface area contributed by atoms with Crippen molar-refractivity contribution in [2.24, 2.45) is 11.7 Å². The first-order valence-corrected chi connectivity index (χ1v) is 6.53. The van der Waals surface area contributed by atoms with Gasteiger partial charge in [0.2, 0.25) is 0 Å². The van der Waals surface area contributed by atoms with Crippen LogP contribution in [0.5, 0.6) is 0 Å². The number of nitrogens with zero attached hydrogens (tertiary/aromatic N) is 1. The number of primary amides is 1. The molecule has 0 radical (unpaired) electrons. The highest BCUT2D eigenvalue weighted by Gasteiger charge is 2.21. The van der Waals surface area contributed by atoms with Crippen LogP contribution < -0.4 is 11.1 Å². The summed E-state index contributed by atoms with van der Waals surface area (Å²) < 4.78 is 0. The van der Waals surface area contributed by atoms with Crippen molar-refractivity contribution in [3.63, 3.8) is 0 Å². The fourth-order valence-electron chi connectivity index (χ4n) is 2.58. The number of carbonyl (C=O) groups is 1. The van der Waals surface area contributed by atoms with E-state index in [-0.39, 0.29) is 6.03 Å². The van der Waals surface area contributed by atoms with Gasteiger partial charge in [0.25, 0.3) is 0 Å². The van der Waals surface area contributed by atoms with Crippen molar-refractivity contribution in [3.05, 3.63) is 0 Å². The molecule has 16 heavy (non-hydrogen) atoms. The van der Waals surface area contributed by atoms with Crippen molar-refractivity contribution < 1.29 is 4.79 Å². The van der Waals surface area contributed by atoms with Crippen LogP contribution in [0.15, 0.2) is 0 Å². The summed E-state index contributed by atoms with van der Waals surface area (Å²) in [7, 11) is 0. The van der Waals surface area contributed by atoms with Crippen molar-refractivity contribution in [2.45, 2.75) is 44.6 Å². The normalized spacial score (nSPS) is 23.1. The lowest BCUT2D eigenvalue weighted by molar-refractivity contribution is 0.184. The summed E-state index contributed by atoms with van der Waals surface area (Å²) in [6.07, 6.45) is 7.72. The predicted octanol–water partition coefficient (Wildman–Crippen LogP) is 1.31. The van der Waals surface area contributed by atoms with Gasteiger partial charge in [-0.1, -0.05) is 19.3 Å². The van der Waals surface area contributed by atoms with Crippen LogP contribution in [0.4, 0.5) is 4.79 Å². The number of rotatable bonds is 4. The molecule has 1 saturated carbocycles. The number of hydrogen-bond acceptors (Lipinski definition) is 2. The average Bonchev–Trinajstić information content (AvgIpc) is 2.22. The van der Waals surface area contributed by atoms with Crippen molar-refractivity contribution in [1.82, 2.24) is 10.2 Å². The molecule has 0 aromatic heterocycles. The fraction of sp³-hybridized carbons (Fsp3) is 0.917. The molecule has 92 valence electrons. The maximum Gasteiger partial charge on any atom is 0.314 e. The molecule has 1 saturated heterocycles. The zero-order chi connectivity index (χ0) is 11.4. The molecule has 1 aliphatic heterocycles. The molecule has 4 nitrogen and oxygen atoms in total. The summed E-state index contributed by atoms with van der Waals surface area (Å²) in [6.45, 7) is 2.78. The SMILES string of the molecule is NC(=O)N1CCC(NCCC2CCC2)CC1. The van der Waals surface area contributed by atoms with E-state index in [1.165, 1.54) is 25.7 Å². The lowest BCUT2D eigenvalue weighted by atomic mass is 9.83. The second kappa shape index (κ2) is 5.53. The van der Waals surface area contributed by atoms with Crippen molar-refractivity contribution in [3.8, 4) is 0 Å². The lowest BCUT2D eigenvalue weighted by Gasteiger charge is -2.32. The Labute approximate surface area is 97.6 Å².